The minimum Gasteiger partial charge on any atom is -0.493 e. The van der Waals surface area contributed by atoms with Crippen molar-refractivity contribution in [3.63, 3.8) is 0 Å². The number of rotatable bonds is 8. The molecule has 2 aromatic carbocycles. The molecule has 1 atom stereocenters. The van der Waals surface area contributed by atoms with Gasteiger partial charge in [0.1, 0.15) is 6.07 Å². The average Bonchev–Trinajstić information content (AvgIpc) is 2.70. The third-order valence-corrected chi connectivity index (χ3v) is 4.24. The zero-order chi connectivity index (χ0) is 21.3. The molecule has 1 N–H and O–H groups in total. The zero-order valence-corrected chi connectivity index (χ0v) is 17.4. The van der Waals surface area contributed by atoms with Crippen molar-refractivity contribution in [1.29, 1.82) is 5.26 Å². The Morgan fingerprint density at radius 1 is 1.17 bits per heavy atom. The van der Waals surface area contributed by atoms with Gasteiger partial charge >= 0.3 is 0 Å². The van der Waals surface area contributed by atoms with Crippen molar-refractivity contribution in [3.8, 4) is 17.6 Å². The number of hydrogen-bond acceptors (Lipinski definition) is 4. The van der Waals surface area contributed by atoms with Crippen LogP contribution in [0.5, 0.6) is 11.5 Å². The Bertz CT molecular complexity index is 877. The van der Waals surface area contributed by atoms with E-state index in [1.54, 1.807) is 18.2 Å². The lowest BCUT2D eigenvalue weighted by Gasteiger charge is -2.27. The number of carbonyl (C=O) groups excluding carboxylic acids is 1. The first-order valence-electron chi connectivity index (χ1n) is 9.54. The molecule has 1 amide bonds. The summed E-state index contributed by atoms with van der Waals surface area (Å²) in [5, 5.41) is 11.8. The number of ether oxygens (including phenoxy) is 2. The van der Waals surface area contributed by atoms with Crippen molar-refractivity contribution in [2.75, 3.05) is 13.7 Å². The lowest BCUT2D eigenvalue weighted by molar-refractivity contribution is -0.117. The van der Waals surface area contributed by atoms with Crippen LogP contribution in [0.15, 0.2) is 54.6 Å². The molecular weight excluding hydrogens is 364 g/mol. The Morgan fingerprint density at radius 3 is 2.52 bits per heavy atom. The maximum atomic E-state index is 12.6. The summed E-state index contributed by atoms with van der Waals surface area (Å²) < 4.78 is 10.6. The zero-order valence-electron chi connectivity index (χ0n) is 17.4. The lowest BCUT2D eigenvalue weighted by atomic mass is 9.85. The Labute approximate surface area is 173 Å². The lowest BCUT2D eigenvalue weighted by Crippen LogP contribution is -2.30. The molecule has 0 aliphatic rings. The van der Waals surface area contributed by atoms with Crippen molar-refractivity contribution in [2.24, 2.45) is 5.41 Å². The molecule has 29 heavy (non-hydrogen) atoms. The topological polar surface area (TPSA) is 71.3 Å². The van der Waals surface area contributed by atoms with Gasteiger partial charge in [0.15, 0.2) is 18.1 Å². The number of amides is 1. The van der Waals surface area contributed by atoms with Gasteiger partial charge in [-0.2, -0.15) is 5.26 Å². The molecule has 0 fully saturated rings. The normalized spacial score (nSPS) is 12.2. The summed E-state index contributed by atoms with van der Waals surface area (Å²) in [5.74, 6) is 0.842. The number of nitrogens with zero attached hydrogens (tertiary/aromatic N) is 1. The van der Waals surface area contributed by atoms with Gasteiger partial charge in [0.05, 0.1) is 13.2 Å². The third kappa shape index (κ3) is 7.34. The third-order valence-electron chi connectivity index (χ3n) is 4.24. The largest absolute Gasteiger partial charge is 0.493 e. The van der Waals surface area contributed by atoms with Gasteiger partial charge in [-0.15, -0.1) is 0 Å². The standard InChI is InChI=1S/C24H28N2O3/c1-24(2,3)17-20(19-8-6-5-7-9-19)26-23(27)13-11-18-10-12-21(29-15-14-25)22(16-18)28-4/h5-13,16,20H,15,17H2,1-4H3,(H,26,27)/b13-11+. The number of carbonyl (C=O) groups is 1. The molecule has 0 saturated heterocycles. The van der Waals surface area contributed by atoms with E-state index in [-0.39, 0.29) is 24.0 Å². The first kappa shape index (κ1) is 22.0. The predicted molar refractivity (Wildman–Crippen MR) is 115 cm³/mol. The molecule has 2 rings (SSSR count). The first-order chi connectivity index (χ1) is 13.8. The van der Waals surface area contributed by atoms with Crippen molar-refractivity contribution in [2.45, 2.75) is 33.2 Å². The van der Waals surface area contributed by atoms with Gasteiger partial charge in [-0.25, -0.2) is 0 Å². The summed E-state index contributed by atoms with van der Waals surface area (Å²) in [6.45, 7) is 6.43. The monoisotopic (exact) mass is 392 g/mol. The van der Waals surface area contributed by atoms with Crippen LogP contribution in [-0.2, 0) is 4.79 Å². The number of benzene rings is 2. The fraction of sp³-hybridized carbons (Fsp3) is 0.333. The number of nitriles is 1. The summed E-state index contributed by atoms with van der Waals surface area (Å²) >= 11 is 0. The Hall–Kier alpha value is -3.26. The van der Waals surface area contributed by atoms with E-state index in [1.165, 1.54) is 13.2 Å². The minimum atomic E-state index is -0.160. The molecule has 152 valence electrons. The van der Waals surface area contributed by atoms with Gasteiger partial charge in [-0.3, -0.25) is 4.79 Å². The molecule has 0 spiro atoms. The van der Waals surface area contributed by atoms with E-state index in [1.807, 2.05) is 42.5 Å². The van der Waals surface area contributed by atoms with E-state index in [0.29, 0.717) is 11.5 Å². The highest BCUT2D eigenvalue weighted by Crippen LogP contribution is 2.30. The molecule has 0 heterocycles. The molecule has 0 saturated carbocycles. The fourth-order valence-corrected chi connectivity index (χ4v) is 2.96. The van der Waals surface area contributed by atoms with Crippen LogP contribution in [0.4, 0.5) is 0 Å². The molecule has 0 aromatic heterocycles. The van der Waals surface area contributed by atoms with Crippen LogP contribution >= 0.6 is 0 Å². The van der Waals surface area contributed by atoms with Crippen LogP contribution in [0, 0.1) is 16.7 Å². The van der Waals surface area contributed by atoms with Crippen LogP contribution in [0.3, 0.4) is 0 Å². The predicted octanol–water partition coefficient (Wildman–Crippen LogP) is 4.90. The van der Waals surface area contributed by atoms with E-state index < -0.39 is 0 Å². The SMILES string of the molecule is COc1cc(/C=C/C(=O)NC(CC(C)(C)C)c2ccccc2)ccc1OCC#N. The summed E-state index contributed by atoms with van der Waals surface area (Å²) in [6.07, 6.45) is 4.07. The first-order valence-corrected chi connectivity index (χ1v) is 9.54. The van der Waals surface area contributed by atoms with Crippen molar-refractivity contribution >= 4 is 12.0 Å². The highest BCUT2D eigenvalue weighted by molar-refractivity contribution is 5.92. The van der Waals surface area contributed by atoms with Crippen LogP contribution in [-0.4, -0.2) is 19.6 Å². The van der Waals surface area contributed by atoms with Crippen molar-refractivity contribution < 1.29 is 14.3 Å². The summed E-state index contributed by atoms with van der Waals surface area (Å²) in [7, 11) is 1.53. The van der Waals surface area contributed by atoms with Gasteiger partial charge in [-0.05, 0) is 41.2 Å². The molecule has 2 aromatic rings. The van der Waals surface area contributed by atoms with Crippen molar-refractivity contribution in [1.82, 2.24) is 5.32 Å². The second-order valence-electron chi connectivity index (χ2n) is 7.93. The molecule has 5 nitrogen and oxygen atoms in total. The Balaban J connectivity index is 2.11. The van der Waals surface area contributed by atoms with Gasteiger partial charge in [-0.1, -0.05) is 57.2 Å². The summed E-state index contributed by atoms with van der Waals surface area (Å²) in [4.78, 5) is 12.6. The molecule has 0 radical (unpaired) electrons. The van der Waals surface area contributed by atoms with Crippen molar-refractivity contribution in [3.05, 3.63) is 65.7 Å². The van der Waals surface area contributed by atoms with E-state index in [9.17, 15) is 4.79 Å². The highest BCUT2D eigenvalue weighted by atomic mass is 16.5. The van der Waals surface area contributed by atoms with E-state index in [4.69, 9.17) is 14.7 Å². The van der Waals surface area contributed by atoms with Crippen LogP contribution in [0.25, 0.3) is 6.08 Å². The van der Waals surface area contributed by atoms with E-state index in [0.717, 1.165) is 17.5 Å². The highest BCUT2D eigenvalue weighted by Gasteiger charge is 2.21. The molecule has 0 aliphatic heterocycles. The van der Waals surface area contributed by atoms with Crippen LogP contribution in [0.1, 0.15) is 44.4 Å². The molecule has 0 aliphatic carbocycles. The van der Waals surface area contributed by atoms with Gasteiger partial charge < -0.3 is 14.8 Å². The summed E-state index contributed by atoms with van der Waals surface area (Å²) in [6, 6.07) is 17.2. The quantitative estimate of drug-likeness (QED) is 0.648. The Morgan fingerprint density at radius 2 is 1.90 bits per heavy atom. The van der Waals surface area contributed by atoms with Crippen LogP contribution in [0.2, 0.25) is 0 Å². The van der Waals surface area contributed by atoms with Gasteiger partial charge in [0, 0.05) is 6.08 Å². The second-order valence-corrected chi connectivity index (χ2v) is 7.93. The Kier molecular flexibility index (Phi) is 7.85. The van der Waals surface area contributed by atoms with Gasteiger partial charge in [0.2, 0.25) is 5.91 Å². The molecule has 0 bridgehead atoms. The minimum absolute atomic E-state index is 0.0530. The van der Waals surface area contributed by atoms with E-state index in [2.05, 4.69) is 26.1 Å². The number of hydrogen-bond donors (Lipinski definition) is 1. The summed E-state index contributed by atoms with van der Waals surface area (Å²) in [5.41, 5.74) is 1.96. The smallest absolute Gasteiger partial charge is 0.244 e. The number of methoxy groups -OCH3 is 1. The maximum absolute atomic E-state index is 12.6. The van der Waals surface area contributed by atoms with E-state index >= 15 is 0 Å². The molecule has 1 unspecified atom stereocenters. The van der Waals surface area contributed by atoms with Gasteiger partial charge in [0.25, 0.3) is 0 Å². The fourth-order valence-electron chi connectivity index (χ4n) is 2.96. The maximum Gasteiger partial charge on any atom is 0.244 e. The average molecular weight is 392 g/mol. The second kappa shape index (κ2) is 10.3. The number of nitrogens with one attached hydrogen (secondary N) is 1. The molecular formula is C24H28N2O3. The molecule has 5 heteroatoms. The van der Waals surface area contributed by atoms with Crippen LogP contribution < -0.4 is 14.8 Å².